The van der Waals surface area contributed by atoms with Crippen molar-refractivity contribution in [1.82, 2.24) is 5.32 Å². The molecule has 80 valence electrons. The van der Waals surface area contributed by atoms with Gasteiger partial charge in [-0.1, -0.05) is 28.1 Å². The maximum absolute atomic E-state index is 3.76. The Bertz CT molecular complexity index is 371. The van der Waals surface area contributed by atoms with E-state index in [-0.39, 0.29) is 0 Å². The second-order valence-electron chi connectivity index (χ2n) is 4.70. The van der Waals surface area contributed by atoms with Crippen LogP contribution in [0.3, 0.4) is 0 Å². The fourth-order valence-electron chi connectivity index (χ4n) is 2.53. The second-order valence-corrected chi connectivity index (χ2v) is 5.55. The van der Waals surface area contributed by atoms with Crippen molar-refractivity contribution in [3.63, 3.8) is 0 Å². The monoisotopic (exact) mass is 265 g/mol. The van der Waals surface area contributed by atoms with Crippen molar-refractivity contribution < 1.29 is 0 Å². The van der Waals surface area contributed by atoms with Gasteiger partial charge < -0.3 is 5.32 Å². The van der Waals surface area contributed by atoms with Gasteiger partial charge in [-0.05, 0) is 49.3 Å². The van der Waals surface area contributed by atoms with Gasteiger partial charge in [0, 0.05) is 16.6 Å². The Hall–Kier alpha value is -0.340. The van der Waals surface area contributed by atoms with Crippen LogP contribution < -0.4 is 5.32 Å². The third-order valence-electron chi connectivity index (χ3n) is 3.44. The molecule has 1 unspecified atom stereocenters. The molecule has 0 radical (unpaired) electrons. The van der Waals surface area contributed by atoms with Crippen molar-refractivity contribution in [2.45, 2.75) is 44.2 Å². The van der Waals surface area contributed by atoms with Gasteiger partial charge in [-0.3, -0.25) is 0 Å². The molecule has 1 atom stereocenters. The van der Waals surface area contributed by atoms with E-state index in [1.807, 2.05) is 0 Å². The van der Waals surface area contributed by atoms with E-state index in [1.165, 1.54) is 47.7 Å². The molecule has 0 bridgehead atoms. The SMILES string of the molecule is Brc1cccc2c1C(NC1CC1)CCC2. The van der Waals surface area contributed by atoms with Gasteiger partial charge in [0.05, 0.1) is 0 Å². The van der Waals surface area contributed by atoms with Crippen LogP contribution in [0.15, 0.2) is 22.7 Å². The van der Waals surface area contributed by atoms with E-state index in [1.54, 1.807) is 0 Å². The Morgan fingerprint density at radius 1 is 1.20 bits per heavy atom. The van der Waals surface area contributed by atoms with Crippen molar-refractivity contribution >= 4 is 15.9 Å². The molecule has 0 amide bonds. The van der Waals surface area contributed by atoms with E-state index in [0.717, 1.165) is 6.04 Å². The summed E-state index contributed by atoms with van der Waals surface area (Å²) >= 11 is 3.69. The standard InChI is InChI=1S/C13H16BrN/c14-11-5-1-3-9-4-2-6-12(13(9)11)15-10-7-8-10/h1,3,5,10,12,15H,2,4,6-8H2. The lowest BCUT2D eigenvalue weighted by Crippen LogP contribution is -2.27. The third-order valence-corrected chi connectivity index (χ3v) is 4.14. The molecule has 0 spiro atoms. The van der Waals surface area contributed by atoms with Crippen molar-refractivity contribution in [3.05, 3.63) is 33.8 Å². The number of hydrogen-bond acceptors (Lipinski definition) is 1. The Morgan fingerprint density at radius 3 is 2.87 bits per heavy atom. The number of halogens is 1. The van der Waals surface area contributed by atoms with Crippen LogP contribution in [0, 0.1) is 0 Å². The smallest absolute Gasteiger partial charge is 0.0336 e. The molecule has 1 saturated carbocycles. The number of benzene rings is 1. The maximum atomic E-state index is 3.76. The van der Waals surface area contributed by atoms with Gasteiger partial charge in [-0.15, -0.1) is 0 Å². The highest BCUT2D eigenvalue weighted by molar-refractivity contribution is 9.10. The van der Waals surface area contributed by atoms with E-state index < -0.39 is 0 Å². The van der Waals surface area contributed by atoms with Crippen LogP contribution in [-0.4, -0.2) is 6.04 Å². The van der Waals surface area contributed by atoms with Crippen LogP contribution in [0.2, 0.25) is 0 Å². The maximum Gasteiger partial charge on any atom is 0.0336 e. The fourth-order valence-corrected chi connectivity index (χ4v) is 3.22. The van der Waals surface area contributed by atoms with Crippen LogP contribution in [0.25, 0.3) is 0 Å². The van der Waals surface area contributed by atoms with Crippen LogP contribution in [0.1, 0.15) is 42.9 Å². The summed E-state index contributed by atoms with van der Waals surface area (Å²) in [6, 6.07) is 8.00. The number of aryl methyl sites for hydroxylation is 1. The minimum atomic E-state index is 0.594. The Morgan fingerprint density at radius 2 is 2.07 bits per heavy atom. The van der Waals surface area contributed by atoms with Gasteiger partial charge in [0.2, 0.25) is 0 Å². The molecule has 1 N–H and O–H groups in total. The predicted molar refractivity (Wildman–Crippen MR) is 66.0 cm³/mol. The molecule has 0 aliphatic heterocycles. The molecular weight excluding hydrogens is 250 g/mol. The normalized spacial score (nSPS) is 25.0. The molecule has 0 aromatic heterocycles. The Kier molecular flexibility index (Phi) is 2.57. The second kappa shape index (κ2) is 3.91. The molecule has 1 aromatic carbocycles. The van der Waals surface area contributed by atoms with Crippen molar-refractivity contribution in [2.24, 2.45) is 0 Å². The lowest BCUT2D eigenvalue weighted by molar-refractivity contribution is 0.456. The number of fused-ring (bicyclic) bond motifs is 1. The average molecular weight is 266 g/mol. The van der Waals surface area contributed by atoms with Crippen LogP contribution in [0.4, 0.5) is 0 Å². The lowest BCUT2D eigenvalue weighted by Gasteiger charge is -2.27. The van der Waals surface area contributed by atoms with Gasteiger partial charge in [-0.25, -0.2) is 0 Å². The first-order valence-corrected chi connectivity index (χ1v) is 6.67. The van der Waals surface area contributed by atoms with Gasteiger partial charge in [0.1, 0.15) is 0 Å². The van der Waals surface area contributed by atoms with Crippen LogP contribution in [0.5, 0.6) is 0 Å². The summed E-state index contributed by atoms with van der Waals surface area (Å²) in [4.78, 5) is 0. The molecule has 2 aliphatic rings. The topological polar surface area (TPSA) is 12.0 Å². The summed E-state index contributed by atoms with van der Waals surface area (Å²) in [5.41, 5.74) is 3.06. The minimum absolute atomic E-state index is 0.594. The predicted octanol–water partition coefficient (Wildman–Crippen LogP) is 3.58. The van der Waals surface area contributed by atoms with E-state index in [0.29, 0.717) is 6.04 Å². The van der Waals surface area contributed by atoms with E-state index in [2.05, 4.69) is 39.4 Å². The Labute approximate surface area is 99.4 Å². The van der Waals surface area contributed by atoms with Gasteiger partial charge in [0.25, 0.3) is 0 Å². The average Bonchev–Trinajstić information content (AvgIpc) is 3.02. The van der Waals surface area contributed by atoms with Crippen LogP contribution >= 0.6 is 15.9 Å². The van der Waals surface area contributed by atoms with Crippen LogP contribution in [-0.2, 0) is 6.42 Å². The molecule has 15 heavy (non-hydrogen) atoms. The van der Waals surface area contributed by atoms with Gasteiger partial charge in [-0.2, -0.15) is 0 Å². The summed E-state index contributed by atoms with van der Waals surface area (Å²) in [5, 5.41) is 3.76. The number of hydrogen-bond donors (Lipinski definition) is 1. The highest BCUT2D eigenvalue weighted by Gasteiger charge is 2.28. The van der Waals surface area contributed by atoms with E-state index in [4.69, 9.17) is 0 Å². The van der Waals surface area contributed by atoms with E-state index in [9.17, 15) is 0 Å². The zero-order valence-corrected chi connectivity index (χ0v) is 10.4. The molecule has 0 saturated heterocycles. The van der Waals surface area contributed by atoms with E-state index >= 15 is 0 Å². The zero-order valence-electron chi connectivity index (χ0n) is 8.80. The molecule has 2 aliphatic carbocycles. The van der Waals surface area contributed by atoms with Gasteiger partial charge in [0.15, 0.2) is 0 Å². The fraction of sp³-hybridized carbons (Fsp3) is 0.538. The first-order valence-electron chi connectivity index (χ1n) is 5.88. The molecular formula is C13H16BrN. The summed E-state index contributed by atoms with van der Waals surface area (Å²) in [7, 11) is 0. The summed E-state index contributed by atoms with van der Waals surface area (Å²) in [6.45, 7) is 0. The molecule has 1 fully saturated rings. The third kappa shape index (κ3) is 1.98. The van der Waals surface area contributed by atoms with Crippen molar-refractivity contribution in [3.8, 4) is 0 Å². The molecule has 1 aromatic rings. The van der Waals surface area contributed by atoms with Crippen molar-refractivity contribution in [2.75, 3.05) is 0 Å². The Balaban J connectivity index is 1.93. The molecule has 0 heterocycles. The molecule has 1 nitrogen and oxygen atoms in total. The van der Waals surface area contributed by atoms with Crippen molar-refractivity contribution in [1.29, 1.82) is 0 Å². The molecule has 3 rings (SSSR count). The number of rotatable bonds is 2. The quantitative estimate of drug-likeness (QED) is 0.862. The lowest BCUT2D eigenvalue weighted by atomic mass is 9.87. The molecule has 2 heteroatoms. The highest BCUT2D eigenvalue weighted by Crippen LogP contribution is 2.37. The number of nitrogens with one attached hydrogen (secondary N) is 1. The summed E-state index contributed by atoms with van der Waals surface area (Å²) < 4.78 is 1.29. The first-order chi connectivity index (χ1) is 7.34. The van der Waals surface area contributed by atoms with Gasteiger partial charge >= 0.3 is 0 Å². The minimum Gasteiger partial charge on any atom is -0.307 e. The summed E-state index contributed by atoms with van der Waals surface area (Å²) in [5.74, 6) is 0. The zero-order chi connectivity index (χ0) is 10.3. The summed E-state index contributed by atoms with van der Waals surface area (Å²) in [6.07, 6.45) is 6.62. The largest absolute Gasteiger partial charge is 0.307 e. The first kappa shape index (κ1) is 9.86. The highest BCUT2D eigenvalue weighted by atomic mass is 79.9.